The van der Waals surface area contributed by atoms with E-state index in [-0.39, 0.29) is 25.0 Å². The number of rotatable bonds is 5. The van der Waals surface area contributed by atoms with Crippen LogP contribution in [0.4, 0.5) is 0 Å². The molecule has 0 radical (unpaired) electrons. The molecule has 5 heteroatoms. The lowest BCUT2D eigenvalue weighted by Gasteiger charge is -2.12. The van der Waals surface area contributed by atoms with E-state index in [1.54, 1.807) is 18.2 Å². The van der Waals surface area contributed by atoms with Gasteiger partial charge in [-0.15, -0.1) is 0 Å². The Bertz CT molecular complexity index is 396. The van der Waals surface area contributed by atoms with Gasteiger partial charge in [-0.3, -0.25) is 4.79 Å². The number of aliphatic hydroxyl groups excluding tert-OH is 1. The van der Waals surface area contributed by atoms with Crippen molar-refractivity contribution in [2.24, 2.45) is 0 Å². The first kappa shape index (κ1) is 14.3. The summed E-state index contributed by atoms with van der Waals surface area (Å²) in [4.78, 5) is 11.7. The Morgan fingerprint density at radius 1 is 1.47 bits per heavy atom. The normalized spacial score (nSPS) is 12.2. The van der Waals surface area contributed by atoms with Crippen LogP contribution in [0.15, 0.2) is 18.2 Å². The van der Waals surface area contributed by atoms with Gasteiger partial charge in [0.1, 0.15) is 0 Å². The van der Waals surface area contributed by atoms with Crippen LogP contribution >= 0.6 is 23.2 Å². The number of carbonyl (C=O) groups excluding carboxylic acids is 1. The highest BCUT2D eigenvalue weighted by Gasteiger charge is 2.10. The standard InChI is InChI=1S/C12H15Cl2NO2/c1-8(4-5-16)15-12(17)7-9-6-10(13)2-3-11(9)14/h2-3,6,8,16H,4-5,7H2,1H3,(H,15,17). The van der Waals surface area contributed by atoms with E-state index in [9.17, 15) is 4.79 Å². The number of amides is 1. The molecule has 3 nitrogen and oxygen atoms in total. The molecule has 2 N–H and O–H groups in total. The zero-order valence-corrected chi connectivity index (χ0v) is 11.1. The van der Waals surface area contributed by atoms with Crippen molar-refractivity contribution in [3.05, 3.63) is 33.8 Å². The molecule has 17 heavy (non-hydrogen) atoms. The van der Waals surface area contributed by atoms with E-state index in [0.717, 1.165) is 0 Å². The van der Waals surface area contributed by atoms with Crippen molar-refractivity contribution in [1.29, 1.82) is 0 Å². The fourth-order valence-corrected chi connectivity index (χ4v) is 1.82. The average molecular weight is 276 g/mol. The maximum Gasteiger partial charge on any atom is 0.224 e. The minimum absolute atomic E-state index is 0.0505. The Balaban J connectivity index is 2.58. The molecule has 0 aliphatic carbocycles. The van der Waals surface area contributed by atoms with Crippen molar-refractivity contribution in [1.82, 2.24) is 5.32 Å². The number of halogens is 2. The molecule has 0 aromatic heterocycles. The van der Waals surface area contributed by atoms with Crippen molar-refractivity contribution >= 4 is 29.1 Å². The number of hydrogen-bond acceptors (Lipinski definition) is 2. The number of carbonyl (C=O) groups is 1. The van der Waals surface area contributed by atoms with Crippen molar-refractivity contribution in [3.8, 4) is 0 Å². The predicted octanol–water partition coefficient (Wildman–Crippen LogP) is 2.42. The molecule has 0 saturated heterocycles. The maximum absolute atomic E-state index is 11.7. The molecule has 1 aromatic rings. The average Bonchev–Trinajstić information content (AvgIpc) is 2.23. The second-order valence-corrected chi connectivity index (χ2v) is 4.74. The van der Waals surface area contributed by atoms with E-state index in [4.69, 9.17) is 28.3 Å². The van der Waals surface area contributed by atoms with Gasteiger partial charge < -0.3 is 10.4 Å². The SMILES string of the molecule is CC(CCO)NC(=O)Cc1cc(Cl)ccc1Cl. The lowest BCUT2D eigenvalue weighted by molar-refractivity contribution is -0.121. The topological polar surface area (TPSA) is 49.3 Å². The molecule has 1 amide bonds. The van der Waals surface area contributed by atoms with Crippen LogP contribution in [0, 0.1) is 0 Å². The van der Waals surface area contributed by atoms with E-state index in [2.05, 4.69) is 5.32 Å². The molecular formula is C12H15Cl2NO2. The molecule has 0 aliphatic heterocycles. The van der Waals surface area contributed by atoms with Gasteiger partial charge in [0.2, 0.25) is 5.91 Å². The maximum atomic E-state index is 11.7. The molecule has 94 valence electrons. The highest BCUT2D eigenvalue weighted by Crippen LogP contribution is 2.20. The van der Waals surface area contributed by atoms with E-state index in [1.807, 2.05) is 6.92 Å². The summed E-state index contributed by atoms with van der Waals surface area (Å²) in [5, 5.41) is 12.6. The third-order valence-electron chi connectivity index (χ3n) is 2.33. The third kappa shape index (κ3) is 4.94. The van der Waals surface area contributed by atoms with Crippen LogP contribution in [0.1, 0.15) is 18.9 Å². The number of benzene rings is 1. The summed E-state index contributed by atoms with van der Waals surface area (Å²) in [7, 11) is 0. The first-order valence-corrected chi connectivity index (χ1v) is 6.12. The van der Waals surface area contributed by atoms with Gasteiger partial charge in [-0.1, -0.05) is 23.2 Å². The van der Waals surface area contributed by atoms with Crippen molar-refractivity contribution in [2.75, 3.05) is 6.61 Å². The predicted molar refractivity (Wildman–Crippen MR) is 69.5 cm³/mol. The molecule has 1 aromatic carbocycles. The lowest BCUT2D eigenvalue weighted by atomic mass is 10.1. The number of nitrogens with one attached hydrogen (secondary N) is 1. The lowest BCUT2D eigenvalue weighted by Crippen LogP contribution is -2.34. The summed E-state index contributed by atoms with van der Waals surface area (Å²) in [6, 6.07) is 4.98. The molecule has 0 fully saturated rings. The molecule has 0 spiro atoms. The smallest absolute Gasteiger partial charge is 0.224 e. The highest BCUT2D eigenvalue weighted by atomic mass is 35.5. The monoisotopic (exact) mass is 275 g/mol. The Morgan fingerprint density at radius 2 is 2.18 bits per heavy atom. The Labute approximate surface area is 111 Å². The van der Waals surface area contributed by atoms with E-state index in [0.29, 0.717) is 22.0 Å². The van der Waals surface area contributed by atoms with Crippen LogP contribution in [0.2, 0.25) is 10.0 Å². The van der Waals surface area contributed by atoms with Crippen molar-refractivity contribution < 1.29 is 9.90 Å². The van der Waals surface area contributed by atoms with Gasteiger partial charge >= 0.3 is 0 Å². The van der Waals surface area contributed by atoms with E-state index in [1.165, 1.54) is 0 Å². The van der Waals surface area contributed by atoms with Gasteiger partial charge in [0.15, 0.2) is 0 Å². The summed E-state index contributed by atoms with van der Waals surface area (Å²) in [6.07, 6.45) is 0.726. The van der Waals surface area contributed by atoms with Crippen LogP contribution in [0.25, 0.3) is 0 Å². The Morgan fingerprint density at radius 3 is 2.82 bits per heavy atom. The van der Waals surface area contributed by atoms with Crippen LogP contribution in [-0.4, -0.2) is 23.7 Å². The molecular weight excluding hydrogens is 261 g/mol. The second kappa shape index (κ2) is 6.84. The fraction of sp³-hybridized carbons (Fsp3) is 0.417. The molecule has 0 bridgehead atoms. The highest BCUT2D eigenvalue weighted by molar-refractivity contribution is 6.33. The number of hydrogen-bond donors (Lipinski definition) is 2. The molecule has 0 aliphatic rings. The van der Waals surface area contributed by atoms with Crippen molar-refractivity contribution in [2.45, 2.75) is 25.8 Å². The summed E-state index contributed by atoms with van der Waals surface area (Å²) in [5.41, 5.74) is 0.702. The van der Waals surface area contributed by atoms with Crippen LogP contribution < -0.4 is 5.32 Å². The molecule has 0 heterocycles. The zero-order valence-electron chi connectivity index (χ0n) is 9.54. The minimum Gasteiger partial charge on any atom is -0.396 e. The van der Waals surface area contributed by atoms with Gasteiger partial charge in [-0.2, -0.15) is 0 Å². The summed E-state index contributed by atoms with van der Waals surface area (Å²) in [6.45, 7) is 1.90. The van der Waals surface area contributed by atoms with Gasteiger partial charge in [0, 0.05) is 22.7 Å². The van der Waals surface area contributed by atoms with Crippen LogP contribution in [0.5, 0.6) is 0 Å². The summed E-state index contributed by atoms with van der Waals surface area (Å²) in [5.74, 6) is -0.130. The fourth-order valence-electron chi connectivity index (χ4n) is 1.44. The summed E-state index contributed by atoms with van der Waals surface area (Å²) < 4.78 is 0. The minimum atomic E-state index is -0.130. The molecule has 0 saturated carbocycles. The second-order valence-electron chi connectivity index (χ2n) is 3.89. The quantitative estimate of drug-likeness (QED) is 0.867. The zero-order chi connectivity index (χ0) is 12.8. The number of aliphatic hydroxyl groups is 1. The van der Waals surface area contributed by atoms with E-state index < -0.39 is 0 Å². The third-order valence-corrected chi connectivity index (χ3v) is 2.93. The Hall–Kier alpha value is -0.770. The van der Waals surface area contributed by atoms with Gasteiger partial charge in [0.05, 0.1) is 6.42 Å². The molecule has 1 unspecified atom stereocenters. The Kier molecular flexibility index (Phi) is 5.75. The van der Waals surface area contributed by atoms with Crippen LogP contribution in [-0.2, 0) is 11.2 Å². The largest absolute Gasteiger partial charge is 0.396 e. The molecule has 1 atom stereocenters. The van der Waals surface area contributed by atoms with Gasteiger partial charge in [-0.25, -0.2) is 0 Å². The summed E-state index contributed by atoms with van der Waals surface area (Å²) >= 11 is 11.8. The first-order chi connectivity index (χ1) is 8.02. The van der Waals surface area contributed by atoms with Crippen LogP contribution in [0.3, 0.4) is 0 Å². The first-order valence-electron chi connectivity index (χ1n) is 5.37. The molecule has 1 rings (SSSR count). The van der Waals surface area contributed by atoms with Crippen molar-refractivity contribution in [3.63, 3.8) is 0 Å². The van der Waals surface area contributed by atoms with Gasteiger partial charge in [0.25, 0.3) is 0 Å². The van der Waals surface area contributed by atoms with E-state index >= 15 is 0 Å². The van der Waals surface area contributed by atoms with Gasteiger partial charge in [-0.05, 0) is 37.1 Å².